The van der Waals surface area contributed by atoms with Crippen LogP contribution in [0.15, 0.2) is 16.9 Å². The number of alkyl halides is 3. The van der Waals surface area contributed by atoms with Crippen molar-refractivity contribution in [3.63, 3.8) is 0 Å². The van der Waals surface area contributed by atoms with E-state index in [2.05, 4.69) is 5.10 Å². The van der Waals surface area contributed by atoms with Gasteiger partial charge in [-0.25, -0.2) is 0 Å². The molecule has 1 aliphatic heterocycles. The fraction of sp³-hybridized carbons (Fsp3) is 0.533. The molecule has 1 saturated heterocycles. The molecular weight excluding hydrogens is 313 g/mol. The molecule has 5 nitrogen and oxygen atoms in total. The predicted octanol–water partition coefficient (Wildman–Crippen LogP) is 2.68. The second-order valence-corrected chi connectivity index (χ2v) is 5.74. The van der Waals surface area contributed by atoms with Crippen LogP contribution in [0.25, 0.3) is 11.3 Å². The van der Waals surface area contributed by atoms with Crippen molar-refractivity contribution < 1.29 is 27.1 Å². The molecule has 23 heavy (non-hydrogen) atoms. The average Bonchev–Trinajstić information content (AvgIpc) is 3.10. The lowest BCUT2D eigenvalue weighted by molar-refractivity contribution is -0.137. The second-order valence-electron chi connectivity index (χ2n) is 5.74. The third-order valence-corrected chi connectivity index (χ3v) is 4.14. The van der Waals surface area contributed by atoms with Crippen LogP contribution in [-0.4, -0.2) is 35.7 Å². The van der Waals surface area contributed by atoms with E-state index in [4.69, 9.17) is 13.9 Å². The Hall–Kier alpha value is -1.80. The molecule has 1 fully saturated rings. The molecule has 124 valence electrons. The summed E-state index contributed by atoms with van der Waals surface area (Å²) in [5.74, 6) is 0.354. The van der Waals surface area contributed by atoms with Crippen LogP contribution in [0.5, 0.6) is 0 Å². The van der Waals surface area contributed by atoms with E-state index < -0.39 is 11.7 Å². The molecular formula is C15H15F3N2O3. The van der Waals surface area contributed by atoms with Gasteiger partial charge in [0, 0.05) is 12.6 Å². The van der Waals surface area contributed by atoms with E-state index in [1.807, 2.05) is 0 Å². The van der Waals surface area contributed by atoms with E-state index in [1.165, 1.54) is 0 Å². The van der Waals surface area contributed by atoms with Crippen molar-refractivity contribution in [2.75, 3.05) is 19.8 Å². The fourth-order valence-corrected chi connectivity index (χ4v) is 3.10. The molecule has 2 aromatic rings. The summed E-state index contributed by atoms with van der Waals surface area (Å²) in [7, 11) is 0. The zero-order valence-electron chi connectivity index (χ0n) is 12.2. The highest BCUT2D eigenvalue weighted by Gasteiger charge is 2.40. The number of nitrogens with zero attached hydrogens (tertiary/aromatic N) is 2. The minimum absolute atomic E-state index is 0.0818. The molecule has 0 radical (unpaired) electrons. The van der Waals surface area contributed by atoms with Gasteiger partial charge in [-0.3, -0.25) is 4.68 Å². The van der Waals surface area contributed by atoms with E-state index >= 15 is 0 Å². The number of aromatic nitrogens is 2. The highest BCUT2D eigenvalue weighted by Crippen LogP contribution is 2.43. The van der Waals surface area contributed by atoms with Crippen molar-refractivity contribution in [3.05, 3.63) is 29.3 Å². The number of hydrogen-bond acceptors (Lipinski definition) is 4. The standard InChI is InChI=1S/C15H15F3N2O3/c16-15(17,18)11-8-23-12-2-1-9-5-20(19-14(9)13(11)12)6-10-7-21-3-4-22-10/h5,8,10H,1-4,6-7H2/t10-/m0/s1. The molecule has 0 spiro atoms. The Balaban J connectivity index is 1.67. The first-order valence-electron chi connectivity index (χ1n) is 7.46. The van der Waals surface area contributed by atoms with Crippen LogP contribution in [0.3, 0.4) is 0 Å². The highest BCUT2D eigenvalue weighted by molar-refractivity contribution is 5.71. The van der Waals surface area contributed by atoms with Gasteiger partial charge in [0.25, 0.3) is 0 Å². The largest absolute Gasteiger partial charge is 0.468 e. The Morgan fingerprint density at radius 1 is 1.26 bits per heavy atom. The third kappa shape index (κ3) is 2.66. The molecule has 0 aromatic carbocycles. The first-order valence-corrected chi connectivity index (χ1v) is 7.46. The van der Waals surface area contributed by atoms with Crippen LogP contribution in [0.2, 0.25) is 0 Å². The minimum atomic E-state index is -4.45. The second kappa shape index (κ2) is 5.38. The minimum Gasteiger partial charge on any atom is -0.468 e. The number of ether oxygens (including phenoxy) is 2. The molecule has 3 heterocycles. The summed E-state index contributed by atoms with van der Waals surface area (Å²) in [6.07, 6.45) is -0.922. The Morgan fingerprint density at radius 3 is 2.87 bits per heavy atom. The van der Waals surface area contributed by atoms with Gasteiger partial charge in [0.1, 0.15) is 23.7 Å². The van der Waals surface area contributed by atoms with Crippen molar-refractivity contribution >= 4 is 0 Å². The van der Waals surface area contributed by atoms with Gasteiger partial charge in [0.2, 0.25) is 0 Å². The van der Waals surface area contributed by atoms with Gasteiger partial charge >= 0.3 is 6.18 Å². The predicted molar refractivity (Wildman–Crippen MR) is 72.9 cm³/mol. The van der Waals surface area contributed by atoms with Crippen LogP contribution in [0.4, 0.5) is 13.2 Å². The maximum atomic E-state index is 13.2. The lowest BCUT2D eigenvalue weighted by Crippen LogP contribution is -2.32. The van der Waals surface area contributed by atoms with Crippen molar-refractivity contribution in [3.8, 4) is 11.3 Å². The number of rotatable bonds is 2. The van der Waals surface area contributed by atoms with Crippen molar-refractivity contribution in [2.24, 2.45) is 0 Å². The molecule has 8 heteroatoms. The zero-order valence-corrected chi connectivity index (χ0v) is 12.2. The molecule has 0 bridgehead atoms. The molecule has 1 atom stereocenters. The maximum Gasteiger partial charge on any atom is 0.420 e. The third-order valence-electron chi connectivity index (χ3n) is 4.14. The summed E-state index contributed by atoms with van der Waals surface area (Å²) in [6.45, 7) is 2.02. The van der Waals surface area contributed by atoms with Gasteiger partial charge in [-0.1, -0.05) is 0 Å². The molecule has 4 rings (SSSR count). The fourth-order valence-electron chi connectivity index (χ4n) is 3.10. The summed E-state index contributed by atoms with van der Waals surface area (Å²) >= 11 is 0. The monoisotopic (exact) mass is 328 g/mol. The van der Waals surface area contributed by atoms with Gasteiger partial charge in [-0.15, -0.1) is 0 Å². The first-order chi connectivity index (χ1) is 11.0. The van der Waals surface area contributed by atoms with Crippen LogP contribution in [0, 0.1) is 0 Å². The van der Waals surface area contributed by atoms with Gasteiger partial charge in [0.05, 0.1) is 37.6 Å². The summed E-state index contributed by atoms with van der Waals surface area (Å²) in [6, 6.07) is 0. The molecule has 2 aliphatic rings. The number of aryl methyl sites for hydroxylation is 2. The molecule has 2 aromatic heterocycles. The Bertz CT molecular complexity index is 714. The van der Waals surface area contributed by atoms with Gasteiger partial charge < -0.3 is 13.9 Å². The normalized spacial score (nSPS) is 21.1. The van der Waals surface area contributed by atoms with Crippen LogP contribution < -0.4 is 0 Å². The highest BCUT2D eigenvalue weighted by atomic mass is 19.4. The SMILES string of the molecule is FC(F)(F)c1coc2c1-c1nn(C[C@H]3COCCO3)cc1CC2. The van der Waals surface area contributed by atoms with E-state index in [9.17, 15) is 13.2 Å². The van der Waals surface area contributed by atoms with Crippen LogP contribution in [-0.2, 0) is 35.0 Å². The maximum absolute atomic E-state index is 13.2. The molecule has 0 amide bonds. The van der Waals surface area contributed by atoms with Crippen LogP contribution in [0.1, 0.15) is 16.9 Å². The Labute approximate surface area is 130 Å². The van der Waals surface area contributed by atoms with Crippen molar-refractivity contribution in [1.29, 1.82) is 0 Å². The summed E-state index contributed by atoms with van der Waals surface area (Å²) in [4.78, 5) is 0. The quantitative estimate of drug-likeness (QED) is 0.850. The molecule has 0 N–H and O–H groups in total. The summed E-state index contributed by atoms with van der Waals surface area (Å²) in [5.41, 5.74) is 0.499. The smallest absolute Gasteiger partial charge is 0.420 e. The van der Waals surface area contributed by atoms with E-state index in [1.54, 1.807) is 10.9 Å². The number of fused-ring (bicyclic) bond motifs is 3. The summed E-state index contributed by atoms with van der Waals surface area (Å²) < 4.78 is 57.1. The van der Waals surface area contributed by atoms with Crippen LogP contribution >= 0.6 is 0 Å². The van der Waals surface area contributed by atoms with Gasteiger partial charge in [0.15, 0.2) is 0 Å². The Morgan fingerprint density at radius 2 is 2.13 bits per heavy atom. The Kier molecular flexibility index (Phi) is 3.46. The lowest BCUT2D eigenvalue weighted by Gasteiger charge is -2.22. The zero-order chi connectivity index (χ0) is 16.0. The number of hydrogen-bond donors (Lipinski definition) is 0. The van der Waals surface area contributed by atoms with Crippen molar-refractivity contribution in [2.45, 2.75) is 31.7 Å². The number of halogens is 3. The first kappa shape index (κ1) is 14.8. The summed E-state index contributed by atoms with van der Waals surface area (Å²) in [5, 5.41) is 4.35. The molecule has 0 unspecified atom stereocenters. The molecule has 1 aliphatic carbocycles. The van der Waals surface area contributed by atoms with Gasteiger partial charge in [-0.05, 0) is 12.0 Å². The topological polar surface area (TPSA) is 49.4 Å². The van der Waals surface area contributed by atoms with E-state index in [-0.39, 0.29) is 11.7 Å². The number of furan rings is 1. The average molecular weight is 328 g/mol. The lowest BCUT2D eigenvalue weighted by atomic mass is 9.94. The van der Waals surface area contributed by atoms with E-state index in [0.717, 1.165) is 11.8 Å². The van der Waals surface area contributed by atoms with E-state index in [0.29, 0.717) is 50.7 Å². The van der Waals surface area contributed by atoms with Crippen molar-refractivity contribution in [1.82, 2.24) is 9.78 Å². The van der Waals surface area contributed by atoms with Gasteiger partial charge in [-0.2, -0.15) is 18.3 Å². The molecule has 0 saturated carbocycles.